The van der Waals surface area contributed by atoms with Crippen LogP contribution in [0.3, 0.4) is 0 Å². The van der Waals surface area contributed by atoms with Gasteiger partial charge in [-0.05, 0) is 47.6 Å². The van der Waals surface area contributed by atoms with Gasteiger partial charge in [0.2, 0.25) is 0 Å². The van der Waals surface area contributed by atoms with Crippen molar-refractivity contribution in [1.82, 2.24) is 0 Å². The largest absolute Gasteiger partial charge is 0.507 e. The Bertz CT molecular complexity index is 1590. The standard InChI is InChI=1S/C30H26O9/c1-12(9-18(35)25-14(31)5-3-6-15(25)32)23-13(2)24-19(36)10-20(37)27-21(38)11-22(39)28(30(24)27)29(23)26-16(33)7-4-8-17(26)34/h3-8,10-13,23,31-34,36-38H,9H2,1-2H3/t12-,13-,23-/m0/s1. The van der Waals surface area contributed by atoms with E-state index >= 15 is 0 Å². The van der Waals surface area contributed by atoms with Crippen molar-refractivity contribution in [3.05, 3.63) is 76.4 Å². The zero-order valence-corrected chi connectivity index (χ0v) is 21.0. The van der Waals surface area contributed by atoms with Crippen LogP contribution >= 0.6 is 0 Å². The third-order valence-electron chi connectivity index (χ3n) is 7.65. The van der Waals surface area contributed by atoms with Crippen LogP contribution in [0.4, 0.5) is 0 Å². The number of aliphatic hydroxyl groups excluding tert-OH is 1. The predicted octanol–water partition coefficient (Wildman–Crippen LogP) is 4.96. The van der Waals surface area contributed by atoms with Crippen LogP contribution in [0.25, 0.3) is 16.9 Å². The number of rotatable bonds is 5. The number of phenolic OH excluding ortho intramolecular Hbond substituents is 6. The SMILES string of the molecule is C[C@@H]1c2c(O)cc(O)c3c2C(=C(c2c(O)cccc2O)[C@H]1[C@@H](C)CC(=O)c1c(O)cccc1O)C(=O)C=C3O. The van der Waals surface area contributed by atoms with Crippen molar-refractivity contribution in [2.75, 3.05) is 0 Å². The first-order chi connectivity index (χ1) is 18.4. The Morgan fingerprint density at radius 1 is 0.795 bits per heavy atom. The Morgan fingerprint density at radius 2 is 1.36 bits per heavy atom. The van der Waals surface area contributed by atoms with E-state index in [-0.39, 0.29) is 62.6 Å². The highest BCUT2D eigenvalue weighted by Crippen LogP contribution is 2.59. The highest BCUT2D eigenvalue weighted by molar-refractivity contribution is 6.37. The lowest BCUT2D eigenvalue weighted by Crippen LogP contribution is -2.30. The molecule has 0 heterocycles. The smallest absolute Gasteiger partial charge is 0.190 e. The van der Waals surface area contributed by atoms with Crippen LogP contribution in [0.2, 0.25) is 0 Å². The minimum Gasteiger partial charge on any atom is -0.507 e. The molecule has 9 heteroatoms. The molecule has 9 nitrogen and oxygen atoms in total. The first kappa shape index (κ1) is 25.7. The second kappa shape index (κ2) is 9.13. The fraction of sp³-hybridized carbons (Fsp3) is 0.200. The van der Waals surface area contributed by atoms with Gasteiger partial charge in [0, 0.05) is 35.3 Å². The lowest BCUT2D eigenvalue weighted by atomic mass is 9.62. The molecule has 0 radical (unpaired) electrons. The van der Waals surface area contributed by atoms with Crippen LogP contribution in [0.1, 0.15) is 58.8 Å². The van der Waals surface area contributed by atoms with Crippen molar-refractivity contribution in [3.63, 3.8) is 0 Å². The highest BCUT2D eigenvalue weighted by Gasteiger charge is 2.45. The molecule has 2 aliphatic carbocycles. The van der Waals surface area contributed by atoms with E-state index in [0.29, 0.717) is 0 Å². The summed E-state index contributed by atoms with van der Waals surface area (Å²) in [4.78, 5) is 26.7. The van der Waals surface area contributed by atoms with Crippen molar-refractivity contribution >= 4 is 28.5 Å². The molecule has 5 rings (SSSR count). The Morgan fingerprint density at radius 3 is 1.95 bits per heavy atom. The van der Waals surface area contributed by atoms with E-state index in [1.165, 1.54) is 36.4 Å². The van der Waals surface area contributed by atoms with Gasteiger partial charge in [0.1, 0.15) is 45.8 Å². The zero-order valence-electron chi connectivity index (χ0n) is 21.0. The molecule has 3 atom stereocenters. The summed E-state index contributed by atoms with van der Waals surface area (Å²) in [5.74, 6) is -6.09. The summed E-state index contributed by atoms with van der Waals surface area (Å²) in [6, 6.07) is 9.08. The summed E-state index contributed by atoms with van der Waals surface area (Å²) in [5.41, 5.74) is 0.0648. The van der Waals surface area contributed by atoms with Crippen molar-refractivity contribution in [2.45, 2.75) is 26.2 Å². The number of allylic oxidation sites excluding steroid dienone is 3. The van der Waals surface area contributed by atoms with E-state index in [2.05, 4.69) is 0 Å². The van der Waals surface area contributed by atoms with E-state index in [0.717, 1.165) is 12.1 Å². The molecule has 0 saturated carbocycles. The molecule has 0 amide bonds. The topological polar surface area (TPSA) is 176 Å². The third-order valence-corrected chi connectivity index (χ3v) is 7.65. The normalized spacial score (nSPS) is 18.9. The van der Waals surface area contributed by atoms with Gasteiger partial charge in [0.25, 0.3) is 0 Å². The molecule has 39 heavy (non-hydrogen) atoms. The summed E-state index contributed by atoms with van der Waals surface area (Å²) >= 11 is 0. The summed E-state index contributed by atoms with van der Waals surface area (Å²) in [5, 5.41) is 74.2. The van der Waals surface area contributed by atoms with Crippen LogP contribution in [0, 0.1) is 11.8 Å². The number of aromatic hydroxyl groups is 6. The number of aliphatic hydroxyl groups is 1. The molecular formula is C30H26O9. The zero-order chi connectivity index (χ0) is 28.3. The summed E-state index contributed by atoms with van der Waals surface area (Å²) in [6.45, 7) is 3.43. The Kier molecular flexibility index (Phi) is 6.02. The van der Waals surface area contributed by atoms with Gasteiger partial charge in [-0.25, -0.2) is 0 Å². The molecule has 0 bridgehead atoms. The molecule has 0 aromatic heterocycles. The Balaban J connectivity index is 1.78. The molecule has 0 spiro atoms. The first-order valence-corrected chi connectivity index (χ1v) is 12.3. The van der Waals surface area contributed by atoms with Gasteiger partial charge < -0.3 is 35.7 Å². The van der Waals surface area contributed by atoms with Crippen LogP contribution in [0.5, 0.6) is 34.5 Å². The van der Waals surface area contributed by atoms with Crippen molar-refractivity contribution in [2.24, 2.45) is 11.8 Å². The number of Topliss-reactive ketones (excluding diaryl/α,β-unsaturated/α-hetero) is 1. The fourth-order valence-corrected chi connectivity index (χ4v) is 6.11. The average molecular weight is 531 g/mol. The molecule has 0 unspecified atom stereocenters. The van der Waals surface area contributed by atoms with Crippen molar-refractivity contribution < 1.29 is 45.3 Å². The number of hydrogen-bond acceptors (Lipinski definition) is 9. The van der Waals surface area contributed by atoms with Crippen molar-refractivity contribution in [1.29, 1.82) is 0 Å². The molecule has 2 aliphatic rings. The van der Waals surface area contributed by atoms with Crippen LogP contribution in [-0.2, 0) is 4.79 Å². The van der Waals surface area contributed by atoms with Gasteiger partial charge in [0.05, 0.1) is 11.1 Å². The molecule has 0 fully saturated rings. The maximum atomic E-state index is 13.5. The molecule has 3 aromatic rings. The summed E-state index contributed by atoms with van der Waals surface area (Å²) in [6.07, 6.45) is 0.694. The summed E-state index contributed by atoms with van der Waals surface area (Å²) in [7, 11) is 0. The van der Waals surface area contributed by atoms with E-state index in [1.54, 1.807) is 13.8 Å². The maximum absolute atomic E-state index is 13.5. The third kappa shape index (κ3) is 3.85. The minimum atomic E-state index is -0.774. The monoisotopic (exact) mass is 530 g/mol. The van der Waals surface area contributed by atoms with Gasteiger partial charge in [-0.15, -0.1) is 0 Å². The number of carbonyl (C=O) groups is 2. The predicted molar refractivity (Wildman–Crippen MR) is 142 cm³/mol. The molecule has 200 valence electrons. The van der Waals surface area contributed by atoms with Gasteiger partial charge in [-0.3, -0.25) is 9.59 Å². The molecular weight excluding hydrogens is 504 g/mol. The molecule has 0 saturated heterocycles. The first-order valence-electron chi connectivity index (χ1n) is 12.3. The van der Waals surface area contributed by atoms with Crippen molar-refractivity contribution in [3.8, 4) is 34.5 Å². The van der Waals surface area contributed by atoms with E-state index in [1.807, 2.05) is 0 Å². The lowest BCUT2D eigenvalue weighted by molar-refractivity contribution is -0.109. The quantitative estimate of drug-likeness (QED) is 0.225. The Hall–Kier alpha value is -4.92. The summed E-state index contributed by atoms with van der Waals surface area (Å²) < 4.78 is 0. The number of carbonyl (C=O) groups excluding carboxylic acids is 2. The van der Waals surface area contributed by atoms with Crippen LogP contribution in [-0.4, -0.2) is 47.3 Å². The maximum Gasteiger partial charge on any atom is 0.190 e. The van der Waals surface area contributed by atoms with Crippen LogP contribution in [0.15, 0.2) is 48.5 Å². The fourth-order valence-electron chi connectivity index (χ4n) is 6.11. The van der Waals surface area contributed by atoms with E-state index < -0.39 is 52.3 Å². The average Bonchev–Trinajstić information content (AvgIpc) is 2.82. The second-order valence-corrected chi connectivity index (χ2v) is 10.0. The molecule has 3 aromatic carbocycles. The van der Waals surface area contributed by atoms with Gasteiger partial charge in [-0.1, -0.05) is 26.0 Å². The van der Waals surface area contributed by atoms with E-state index in [4.69, 9.17) is 0 Å². The Labute approximate surface area is 222 Å². The van der Waals surface area contributed by atoms with Gasteiger partial charge >= 0.3 is 0 Å². The molecule has 7 N–H and O–H groups in total. The number of ketones is 2. The van der Waals surface area contributed by atoms with E-state index in [9.17, 15) is 45.3 Å². The number of phenols is 6. The molecule has 0 aliphatic heterocycles. The minimum absolute atomic E-state index is 0.0476. The number of hydrogen-bond donors (Lipinski definition) is 7. The van der Waals surface area contributed by atoms with Gasteiger partial charge in [0.15, 0.2) is 11.6 Å². The lowest BCUT2D eigenvalue weighted by Gasteiger charge is -2.40. The number of benzene rings is 3. The van der Waals surface area contributed by atoms with Gasteiger partial charge in [-0.2, -0.15) is 0 Å². The van der Waals surface area contributed by atoms with Crippen LogP contribution < -0.4 is 0 Å². The highest BCUT2D eigenvalue weighted by atomic mass is 16.3. The second-order valence-electron chi connectivity index (χ2n) is 10.0.